The van der Waals surface area contributed by atoms with Crippen molar-refractivity contribution in [2.75, 3.05) is 31.3 Å². The van der Waals surface area contributed by atoms with Crippen molar-refractivity contribution in [3.8, 4) is 0 Å². The second-order valence-corrected chi connectivity index (χ2v) is 6.63. The largest absolute Gasteiger partial charge is 0.383 e. The zero-order valence-electron chi connectivity index (χ0n) is 14.1. The topological polar surface area (TPSA) is 67.4 Å². The third-order valence-corrected chi connectivity index (χ3v) is 4.66. The van der Waals surface area contributed by atoms with Gasteiger partial charge in [0, 0.05) is 24.2 Å². The van der Waals surface area contributed by atoms with E-state index in [4.69, 9.17) is 16.3 Å². The summed E-state index contributed by atoms with van der Waals surface area (Å²) in [5.74, 6) is -0.889. The molecule has 2 rings (SSSR count). The number of carbonyl (C=O) groups excluding carboxylic acids is 2. The maximum atomic E-state index is 13.2. The average Bonchev–Trinajstić information content (AvgIpc) is 2.63. The highest BCUT2D eigenvalue weighted by Gasteiger charge is 2.13. The van der Waals surface area contributed by atoms with Crippen LogP contribution >= 0.6 is 23.4 Å². The van der Waals surface area contributed by atoms with Crippen LogP contribution in [0.5, 0.6) is 0 Å². The third kappa shape index (κ3) is 6.01. The van der Waals surface area contributed by atoms with Crippen LogP contribution in [0.4, 0.5) is 10.1 Å². The van der Waals surface area contributed by atoms with Gasteiger partial charge < -0.3 is 15.4 Å². The highest BCUT2D eigenvalue weighted by Crippen LogP contribution is 2.24. The van der Waals surface area contributed by atoms with Crippen LogP contribution in [0.2, 0.25) is 5.02 Å². The number of anilines is 1. The molecule has 0 aliphatic rings. The van der Waals surface area contributed by atoms with Crippen molar-refractivity contribution in [1.82, 2.24) is 5.32 Å². The number of nitrogens with one attached hydrogen (secondary N) is 2. The summed E-state index contributed by atoms with van der Waals surface area (Å²) < 4.78 is 18.1. The Morgan fingerprint density at radius 3 is 2.73 bits per heavy atom. The number of carbonyl (C=O) groups is 2. The zero-order chi connectivity index (χ0) is 18.9. The Morgan fingerprint density at radius 1 is 1.23 bits per heavy atom. The first-order valence-corrected chi connectivity index (χ1v) is 9.11. The van der Waals surface area contributed by atoms with E-state index in [0.29, 0.717) is 29.3 Å². The average molecular weight is 397 g/mol. The van der Waals surface area contributed by atoms with Gasteiger partial charge in [-0.3, -0.25) is 9.59 Å². The van der Waals surface area contributed by atoms with Crippen LogP contribution in [0.15, 0.2) is 47.4 Å². The van der Waals surface area contributed by atoms with Gasteiger partial charge in [-0.25, -0.2) is 4.39 Å². The van der Waals surface area contributed by atoms with E-state index in [0.717, 1.165) is 0 Å². The summed E-state index contributed by atoms with van der Waals surface area (Å²) in [5, 5.41) is 5.32. The van der Waals surface area contributed by atoms with Gasteiger partial charge >= 0.3 is 0 Å². The number of halogens is 2. The van der Waals surface area contributed by atoms with E-state index in [1.54, 1.807) is 31.4 Å². The van der Waals surface area contributed by atoms with Gasteiger partial charge in [0.25, 0.3) is 5.91 Å². The Bertz CT molecular complexity index is 789. The maximum Gasteiger partial charge on any atom is 0.256 e. The lowest BCUT2D eigenvalue weighted by molar-refractivity contribution is -0.118. The SMILES string of the molecule is COCCNC(=O)CSc1ccccc1C(=O)Nc1ccc(F)c(Cl)c1. The van der Waals surface area contributed by atoms with E-state index in [2.05, 4.69) is 10.6 Å². The molecular formula is C18H18ClFN2O3S. The first-order valence-electron chi connectivity index (χ1n) is 7.75. The summed E-state index contributed by atoms with van der Waals surface area (Å²) in [6.07, 6.45) is 0. The molecule has 0 bridgehead atoms. The summed E-state index contributed by atoms with van der Waals surface area (Å²) in [6.45, 7) is 0.874. The van der Waals surface area contributed by atoms with Crippen LogP contribution in [0.3, 0.4) is 0 Å². The lowest BCUT2D eigenvalue weighted by Crippen LogP contribution is -2.28. The number of thioether (sulfide) groups is 1. The molecule has 0 spiro atoms. The molecule has 0 fully saturated rings. The minimum atomic E-state index is -0.555. The predicted octanol–water partition coefficient (Wildman–Crippen LogP) is 3.59. The first kappa shape index (κ1) is 20.2. The molecule has 0 aliphatic heterocycles. The number of amides is 2. The molecule has 0 unspecified atom stereocenters. The fourth-order valence-electron chi connectivity index (χ4n) is 2.04. The summed E-state index contributed by atoms with van der Waals surface area (Å²) in [6, 6.07) is 10.9. The Kier molecular flexibility index (Phi) is 7.90. The Balaban J connectivity index is 2.01. The molecule has 0 saturated carbocycles. The molecule has 8 heteroatoms. The number of rotatable bonds is 8. The molecule has 2 N–H and O–H groups in total. The van der Waals surface area contributed by atoms with E-state index < -0.39 is 5.82 Å². The second-order valence-electron chi connectivity index (χ2n) is 5.21. The molecule has 26 heavy (non-hydrogen) atoms. The van der Waals surface area contributed by atoms with Gasteiger partial charge in [-0.2, -0.15) is 0 Å². The summed E-state index contributed by atoms with van der Waals surface area (Å²) in [7, 11) is 1.56. The summed E-state index contributed by atoms with van der Waals surface area (Å²) in [4.78, 5) is 25.0. The molecule has 2 amide bonds. The Labute approximate surface area is 160 Å². The number of methoxy groups -OCH3 is 1. The lowest BCUT2D eigenvalue weighted by Gasteiger charge is -2.10. The Morgan fingerprint density at radius 2 is 2.00 bits per heavy atom. The molecule has 0 heterocycles. The van der Waals surface area contributed by atoms with E-state index in [-0.39, 0.29) is 22.6 Å². The standard InChI is InChI=1S/C18H18ClFN2O3S/c1-25-9-8-21-17(23)11-26-16-5-3-2-4-13(16)18(24)22-12-6-7-15(20)14(19)10-12/h2-7,10H,8-9,11H2,1H3,(H,21,23)(H,22,24). The highest BCUT2D eigenvalue weighted by atomic mass is 35.5. The van der Waals surface area contributed by atoms with Crippen molar-refractivity contribution in [2.24, 2.45) is 0 Å². The van der Waals surface area contributed by atoms with Crippen molar-refractivity contribution in [3.63, 3.8) is 0 Å². The van der Waals surface area contributed by atoms with Crippen LogP contribution in [0.25, 0.3) is 0 Å². The minimum absolute atomic E-state index is 0.0711. The molecule has 0 saturated heterocycles. The van der Waals surface area contributed by atoms with Crippen LogP contribution in [0, 0.1) is 5.82 Å². The zero-order valence-corrected chi connectivity index (χ0v) is 15.6. The molecular weight excluding hydrogens is 379 g/mol. The van der Waals surface area contributed by atoms with Crippen molar-refractivity contribution in [2.45, 2.75) is 4.90 Å². The number of hydrogen-bond acceptors (Lipinski definition) is 4. The molecule has 5 nitrogen and oxygen atoms in total. The van der Waals surface area contributed by atoms with E-state index in [1.807, 2.05) is 0 Å². The normalized spacial score (nSPS) is 10.4. The second kappa shape index (κ2) is 10.2. The van der Waals surface area contributed by atoms with Crippen LogP contribution in [0.1, 0.15) is 10.4 Å². The summed E-state index contributed by atoms with van der Waals surface area (Å²) >= 11 is 6.99. The van der Waals surface area contributed by atoms with Gasteiger partial charge in [-0.15, -0.1) is 11.8 Å². The highest BCUT2D eigenvalue weighted by molar-refractivity contribution is 8.00. The number of hydrogen-bond donors (Lipinski definition) is 2. The quantitative estimate of drug-likeness (QED) is 0.528. The predicted molar refractivity (Wildman–Crippen MR) is 101 cm³/mol. The number of benzene rings is 2. The molecule has 2 aromatic rings. The van der Waals surface area contributed by atoms with E-state index in [1.165, 1.54) is 30.0 Å². The van der Waals surface area contributed by atoms with Gasteiger partial charge in [0.05, 0.1) is 22.9 Å². The minimum Gasteiger partial charge on any atom is -0.383 e. The van der Waals surface area contributed by atoms with Gasteiger partial charge in [-0.05, 0) is 30.3 Å². The fourth-order valence-corrected chi connectivity index (χ4v) is 3.10. The molecule has 2 aromatic carbocycles. The monoisotopic (exact) mass is 396 g/mol. The van der Waals surface area contributed by atoms with Crippen LogP contribution < -0.4 is 10.6 Å². The van der Waals surface area contributed by atoms with Crippen LogP contribution in [-0.4, -0.2) is 37.8 Å². The smallest absolute Gasteiger partial charge is 0.256 e. The molecule has 0 atom stereocenters. The van der Waals surface area contributed by atoms with Crippen molar-refractivity contribution in [1.29, 1.82) is 0 Å². The Hall–Kier alpha value is -2.09. The molecule has 0 aliphatic carbocycles. The van der Waals surface area contributed by atoms with Crippen LogP contribution in [-0.2, 0) is 9.53 Å². The summed E-state index contributed by atoms with van der Waals surface area (Å²) in [5.41, 5.74) is 0.807. The van der Waals surface area contributed by atoms with Gasteiger partial charge in [-0.1, -0.05) is 23.7 Å². The fraction of sp³-hybridized carbons (Fsp3) is 0.222. The van der Waals surface area contributed by atoms with Crippen molar-refractivity contribution in [3.05, 3.63) is 58.9 Å². The van der Waals surface area contributed by atoms with E-state index >= 15 is 0 Å². The lowest BCUT2D eigenvalue weighted by atomic mass is 10.2. The van der Waals surface area contributed by atoms with Crippen molar-refractivity contribution >= 4 is 40.9 Å². The number of ether oxygens (including phenoxy) is 1. The van der Waals surface area contributed by atoms with E-state index in [9.17, 15) is 14.0 Å². The van der Waals surface area contributed by atoms with Crippen molar-refractivity contribution < 1.29 is 18.7 Å². The third-order valence-electron chi connectivity index (χ3n) is 3.30. The first-order chi connectivity index (χ1) is 12.5. The molecule has 0 radical (unpaired) electrons. The van der Waals surface area contributed by atoms with Gasteiger partial charge in [0.15, 0.2) is 0 Å². The maximum absolute atomic E-state index is 13.2. The molecule has 0 aromatic heterocycles. The van der Waals surface area contributed by atoms with Gasteiger partial charge in [0.2, 0.25) is 5.91 Å². The molecule has 138 valence electrons. The van der Waals surface area contributed by atoms with Gasteiger partial charge in [0.1, 0.15) is 5.82 Å².